The summed E-state index contributed by atoms with van der Waals surface area (Å²) < 4.78 is 13.5. The maximum atomic E-state index is 13.4. The molecule has 0 saturated heterocycles. The molecular formula is C27H33N4NaO3S2. The molecule has 0 fully saturated rings. The Morgan fingerprint density at radius 2 is 1.89 bits per heavy atom. The van der Waals surface area contributed by atoms with Crippen molar-refractivity contribution in [1.82, 2.24) is 14.4 Å². The summed E-state index contributed by atoms with van der Waals surface area (Å²) in [6, 6.07) is 5.75. The van der Waals surface area contributed by atoms with Gasteiger partial charge in [0.15, 0.2) is 21.6 Å². The van der Waals surface area contributed by atoms with E-state index >= 15 is 0 Å². The number of ether oxygens (including phenoxy) is 2. The monoisotopic (exact) mass is 548 g/mol. The van der Waals surface area contributed by atoms with Crippen molar-refractivity contribution in [2.75, 3.05) is 19.0 Å². The zero-order chi connectivity index (χ0) is 26.1. The SMILES string of the molecule is COc1cccc(C=Cc2nc3sccn3c2C(=O)Nc2nc(C(C)(C)C)cs2)c1OCC(C)(C)C.[H-].[Na+]. The van der Waals surface area contributed by atoms with Crippen LogP contribution >= 0.6 is 22.7 Å². The number of rotatable bonds is 7. The van der Waals surface area contributed by atoms with E-state index in [4.69, 9.17) is 14.5 Å². The third-order valence-corrected chi connectivity index (χ3v) is 6.81. The van der Waals surface area contributed by atoms with Gasteiger partial charge in [-0.3, -0.25) is 14.5 Å². The van der Waals surface area contributed by atoms with Gasteiger partial charge >= 0.3 is 29.6 Å². The Labute approximate surface area is 249 Å². The summed E-state index contributed by atoms with van der Waals surface area (Å²) in [5.41, 5.74) is 2.71. The fourth-order valence-corrected chi connectivity index (χ4v) is 5.07. The van der Waals surface area contributed by atoms with Crippen LogP contribution in [-0.4, -0.2) is 34.0 Å². The van der Waals surface area contributed by atoms with Crippen LogP contribution < -0.4 is 44.3 Å². The van der Waals surface area contributed by atoms with Crippen LogP contribution in [0.4, 0.5) is 5.13 Å². The van der Waals surface area contributed by atoms with Crippen LogP contribution in [0.2, 0.25) is 0 Å². The average molecular weight is 549 g/mol. The molecule has 1 N–H and O–H groups in total. The molecule has 37 heavy (non-hydrogen) atoms. The Hall–Kier alpha value is -2.17. The number of methoxy groups -OCH3 is 1. The van der Waals surface area contributed by atoms with Crippen LogP contribution in [0.1, 0.15) is 70.4 Å². The van der Waals surface area contributed by atoms with E-state index in [1.54, 1.807) is 11.5 Å². The Kier molecular flexibility index (Phi) is 9.29. The summed E-state index contributed by atoms with van der Waals surface area (Å²) in [6.07, 6.45) is 5.60. The van der Waals surface area contributed by atoms with Gasteiger partial charge in [-0.2, -0.15) is 0 Å². The second-order valence-electron chi connectivity index (χ2n) is 10.7. The molecule has 192 valence electrons. The molecule has 3 heterocycles. The largest absolute Gasteiger partial charge is 1.00 e. The molecule has 1 aromatic carbocycles. The number of amides is 1. The van der Waals surface area contributed by atoms with E-state index in [0.29, 0.717) is 34.6 Å². The minimum atomic E-state index is -0.259. The van der Waals surface area contributed by atoms with Gasteiger partial charge < -0.3 is 10.9 Å². The Balaban J connectivity index is 0.00000253. The zero-order valence-electron chi connectivity index (χ0n) is 23.7. The molecular weight excluding hydrogens is 515 g/mol. The molecule has 0 atom stereocenters. The van der Waals surface area contributed by atoms with Gasteiger partial charge in [0.1, 0.15) is 5.69 Å². The molecule has 0 radical (unpaired) electrons. The number of aromatic nitrogens is 3. The van der Waals surface area contributed by atoms with E-state index in [9.17, 15) is 4.79 Å². The molecule has 0 aliphatic carbocycles. The standard InChI is InChI=1S/C27H32N4O3S2.Na.H/c1-26(2,3)16-34-22-17(9-8-10-19(22)33-7)11-12-18-21(31-13-14-35-25(31)28-18)23(32)30-24-29-20(15-36-24)27(4,5)6;;/h8-15H,16H2,1-7H3,(H,29,30,32);;/q;+1;-1. The van der Waals surface area contributed by atoms with E-state index in [1.165, 1.54) is 22.7 Å². The van der Waals surface area contributed by atoms with Gasteiger partial charge in [0.2, 0.25) is 0 Å². The van der Waals surface area contributed by atoms with Crippen LogP contribution in [0.25, 0.3) is 17.1 Å². The van der Waals surface area contributed by atoms with Crippen molar-refractivity contribution >= 4 is 50.8 Å². The van der Waals surface area contributed by atoms with Gasteiger partial charge in [-0.05, 0) is 23.6 Å². The van der Waals surface area contributed by atoms with Gasteiger partial charge in [0.05, 0.1) is 25.1 Å². The van der Waals surface area contributed by atoms with Gasteiger partial charge in [-0.1, -0.05) is 53.7 Å². The molecule has 0 aliphatic rings. The van der Waals surface area contributed by atoms with Crippen LogP contribution in [0.15, 0.2) is 35.2 Å². The molecule has 10 heteroatoms. The number of hydrogen-bond acceptors (Lipinski definition) is 7. The number of para-hydroxylation sites is 1. The van der Waals surface area contributed by atoms with Crippen molar-refractivity contribution in [2.45, 2.75) is 47.0 Å². The van der Waals surface area contributed by atoms with Crippen molar-refractivity contribution in [3.05, 3.63) is 57.8 Å². The first-order valence-corrected chi connectivity index (χ1v) is 13.4. The topological polar surface area (TPSA) is 77.8 Å². The predicted molar refractivity (Wildman–Crippen MR) is 150 cm³/mol. The van der Waals surface area contributed by atoms with Crippen molar-refractivity contribution in [1.29, 1.82) is 0 Å². The van der Waals surface area contributed by atoms with Crippen LogP contribution in [0, 0.1) is 5.41 Å². The van der Waals surface area contributed by atoms with Crippen LogP contribution in [0.3, 0.4) is 0 Å². The van der Waals surface area contributed by atoms with E-state index in [1.807, 2.05) is 47.3 Å². The number of nitrogens with zero attached hydrogens (tertiary/aromatic N) is 3. The third-order valence-electron chi connectivity index (χ3n) is 5.30. The minimum absolute atomic E-state index is 0. The Morgan fingerprint density at radius 3 is 2.54 bits per heavy atom. The van der Waals surface area contributed by atoms with Gasteiger partial charge in [-0.25, -0.2) is 9.97 Å². The fraction of sp³-hybridized carbons (Fsp3) is 0.370. The number of carbonyl (C=O) groups is 1. The molecule has 4 rings (SSSR count). The van der Waals surface area contributed by atoms with Crippen LogP contribution in [0.5, 0.6) is 11.5 Å². The molecule has 0 saturated carbocycles. The first-order valence-electron chi connectivity index (χ1n) is 11.7. The number of imidazole rings is 1. The van der Waals surface area contributed by atoms with Crippen molar-refractivity contribution < 1.29 is 45.3 Å². The summed E-state index contributed by atoms with van der Waals surface area (Å²) in [5.74, 6) is 1.06. The fourth-order valence-electron chi connectivity index (χ4n) is 3.41. The molecule has 0 aliphatic heterocycles. The third kappa shape index (κ3) is 7.03. The second kappa shape index (κ2) is 11.7. The molecule has 0 spiro atoms. The Morgan fingerprint density at radius 1 is 1.14 bits per heavy atom. The zero-order valence-corrected chi connectivity index (χ0v) is 26.3. The number of anilines is 1. The first-order chi connectivity index (χ1) is 17.0. The predicted octanol–water partition coefficient (Wildman–Crippen LogP) is 4.12. The van der Waals surface area contributed by atoms with Gasteiger partial charge in [0, 0.05) is 27.9 Å². The van der Waals surface area contributed by atoms with E-state index in [2.05, 4.69) is 51.8 Å². The van der Waals surface area contributed by atoms with Crippen molar-refractivity contribution in [3.63, 3.8) is 0 Å². The number of carbonyl (C=O) groups excluding carboxylic acids is 1. The number of hydrogen-bond donors (Lipinski definition) is 1. The van der Waals surface area contributed by atoms with Gasteiger partial charge in [-0.15, -0.1) is 22.7 Å². The number of benzene rings is 1. The quantitative estimate of drug-likeness (QED) is 0.352. The van der Waals surface area contributed by atoms with E-state index < -0.39 is 0 Å². The molecule has 3 aromatic heterocycles. The molecule has 0 bridgehead atoms. The van der Waals surface area contributed by atoms with Crippen molar-refractivity contribution in [2.24, 2.45) is 5.41 Å². The van der Waals surface area contributed by atoms with Crippen LogP contribution in [-0.2, 0) is 5.41 Å². The number of thiazole rings is 2. The summed E-state index contributed by atoms with van der Waals surface area (Å²) in [4.78, 5) is 23.4. The summed E-state index contributed by atoms with van der Waals surface area (Å²) in [5, 5.41) is 7.42. The molecule has 4 aromatic rings. The summed E-state index contributed by atoms with van der Waals surface area (Å²) in [6.45, 7) is 13.2. The van der Waals surface area contributed by atoms with Gasteiger partial charge in [0.25, 0.3) is 5.91 Å². The summed E-state index contributed by atoms with van der Waals surface area (Å²) in [7, 11) is 1.63. The maximum Gasteiger partial charge on any atom is 1.00 e. The average Bonchev–Trinajstić information content (AvgIpc) is 3.51. The molecule has 0 unspecified atom stereocenters. The summed E-state index contributed by atoms with van der Waals surface area (Å²) >= 11 is 2.90. The molecule has 7 nitrogen and oxygen atoms in total. The normalized spacial score (nSPS) is 12.1. The maximum absolute atomic E-state index is 13.4. The van der Waals surface area contributed by atoms with Crippen molar-refractivity contribution in [3.8, 4) is 11.5 Å². The number of nitrogens with one attached hydrogen (secondary N) is 1. The Bertz CT molecular complexity index is 1410. The van der Waals surface area contributed by atoms with E-state index in [0.717, 1.165) is 16.2 Å². The first kappa shape index (κ1) is 29.4. The van der Waals surface area contributed by atoms with E-state index in [-0.39, 0.29) is 47.7 Å². The molecule has 1 amide bonds. The minimum Gasteiger partial charge on any atom is -1.00 e. The second-order valence-corrected chi connectivity index (χ2v) is 12.4. The smallest absolute Gasteiger partial charge is 1.00 e. The number of fused-ring (bicyclic) bond motifs is 1.